The molecule has 16 heavy (non-hydrogen) atoms. The highest BCUT2D eigenvalue weighted by atomic mass is 19.1. The van der Waals surface area contributed by atoms with Gasteiger partial charge in [-0.1, -0.05) is 18.2 Å². The van der Waals surface area contributed by atoms with Gasteiger partial charge in [0.25, 0.3) is 0 Å². The van der Waals surface area contributed by atoms with E-state index >= 15 is 0 Å². The van der Waals surface area contributed by atoms with Crippen molar-refractivity contribution in [2.24, 2.45) is 0 Å². The number of hydrogen-bond donors (Lipinski definition) is 2. The molecule has 0 atom stereocenters. The van der Waals surface area contributed by atoms with E-state index in [1.807, 2.05) is 0 Å². The van der Waals surface area contributed by atoms with Gasteiger partial charge in [-0.3, -0.25) is 9.59 Å². The zero-order valence-electron chi connectivity index (χ0n) is 8.57. The highest BCUT2D eigenvalue weighted by Gasteiger charge is 2.06. The summed E-state index contributed by atoms with van der Waals surface area (Å²) in [5, 5.41) is 10.8. The first-order chi connectivity index (χ1) is 7.59. The van der Waals surface area contributed by atoms with Crippen LogP contribution in [0.2, 0.25) is 0 Å². The van der Waals surface area contributed by atoms with Gasteiger partial charge in [0.1, 0.15) is 5.82 Å². The van der Waals surface area contributed by atoms with Crippen molar-refractivity contribution in [1.29, 1.82) is 0 Å². The molecule has 0 bridgehead atoms. The summed E-state index contributed by atoms with van der Waals surface area (Å²) >= 11 is 0. The molecule has 0 heterocycles. The molecule has 0 saturated heterocycles. The summed E-state index contributed by atoms with van der Waals surface area (Å²) in [6, 6.07) is 6.10. The predicted molar refractivity (Wildman–Crippen MR) is 55.1 cm³/mol. The number of hydrogen-bond acceptors (Lipinski definition) is 2. The van der Waals surface area contributed by atoms with Crippen LogP contribution in [-0.2, 0) is 16.1 Å². The van der Waals surface area contributed by atoms with E-state index in [1.54, 1.807) is 18.2 Å². The van der Waals surface area contributed by atoms with Crippen LogP contribution in [0, 0.1) is 5.82 Å². The van der Waals surface area contributed by atoms with Crippen LogP contribution in [0.15, 0.2) is 24.3 Å². The summed E-state index contributed by atoms with van der Waals surface area (Å²) in [6.45, 7) is 0.0745. The second-order valence-electron chi connectivity index (χ2n) is 3.26. The second kappa shape index (κ2) is 5.85. The SMILES string of the molecule is O=C(O)CCC(=O)NCc1ccccc1F. The van der Waals surface area contributed by atoms with Crippen molar-refractivity contribution in [3.63, 3.8) is 0 Å². The number of nitrogens with one attached hydrogen (secondary N) is 1. The summed E-state index contributed by atoms with van der Waals surface area (Å²) < 4.78 is 13.1. The largest absolute Gasteiger partial charge is 0.481 e. The molecule has 1 rings (SSSR count). The lowest BCUT2D eigenvalue weighted by atomic mass is 10.2. The Kier molecular flexibility index (Phi) is 4.44. The van der Waals surface area contributed by atoms with E-state index in [4.69, 9.17) is 5.11 Å². The number of rotatable bonds is 5. The molecule has 0 aliphatic heterocycles. The van der Waals surface area contributed by atoms with Crippen molar-refractivity contribution in [3.05, 3.63) is 35.6 Å². The molecule has 2 N–H and O–H groups in total. The van der Waals surface area contributed by atoms with Gasteiger partial charge in [0.2, 0.25) is 5.91 Å². The van der Waals surface area contributed by atoms with Crippen LogP contribution in [0.25, 0.3) is 0 Å². The zero-order valence-corrected chi connectivity index (χ0v) is 8.57. The maximum atomic E-state index is 13.1. The summed E-state index contributed by atoms with van der Waals surface area (Å²) in [7, 11) is 0. The van der Waals surface area contributed by atoms with Crippen LogP contribution in [0.5, 0.6) is 0 Å². The Morgan fingerprint density at radius 1 is 1.25 bits per heavy atom. The third kappa shape index (κ3) is 4.08. The van der Waals surface area contributed by atoms with Crippen LogP contribution in [0.4, 0.5) is 4.39 Å². The Balaban J connectivity index is 2.37. The second-order valence-corrected chi connectivity index (χ2v) is 3.26. The highest BCUT2D eigenvalue weighted by molar-refractivity contribution is 5.80. The lowest BCUT2D eigenvalue weighted by molar-refractivity contribution is -0.138. The fourth-order valence-electron chi connectivity index (χ4n) is 1.14. The van der Waals surface area contributed by atoms with Crippen molar-refractivity contribution >= 4 is 11.9 Å². The minimum absolute atomic E-state index is 0.0745. The Morgan fingerprint density at radius 2 is 1.94 bits per heavy atom. The molecule has 0 aliphatic carbocycles. The van der Waals surface area contributed by atoms with E-state index in [2.05, 4.69) is 5.32 Å². The minimum atomic E-state index is -1.03. The maximum absolute atomic E-state index is 13.1. The molecule has 0 fully saturated rings. The van der Waals surface area contributed by atoms with Gasteiger partial charge < -0.3 is 10.4 Å². The standard InChI is InChI=1S/C11H12FNO3/c12-9-4-2-1-3-8(9)7-13-10(14)5-6-11(15)16/h1-4H,5-7H2,(H,13,14)(H,15,16). The minimum Gasteiger partial charge on any atom is -0.481 e. The first kappa shape index (κ1) is 12.2. The molecule has 86 valence electrons. The van der Waals surface area contributed by atoms with Gasteiger partial charge in [-0.05, 0) is 6.07 Å². The number of carbonyl (C=O) groups excluding carboxylic acids is 1. The topological polar surface area (TPSA) is 66.4 Å². The third-order valence-corrected chi connectivity index (χ3v) is 2.00. The van der Waals surface area contributed by atoms with Gasteiger partial charge in [0.15, 0.2) is 0 Å². The molecule has 4 nitrogen and oxygen atoms in total. The van der Waals surface area contributed by atoms with Crippen LogP contribution < -0.4 is 5.32 Å². The van der Waals surface area contributed by atoms with E-state index in [-0.39, 0.29) is 25.2 Å². The molecule has 0 aliphatic rings. The number of benzene rings is 1. The molecule has 0 radical (unpaired) electrons. The summed E-state index contributed by atoms with van der Waals surface area (Å²) in [5.41, 5.74) is 0.381. The van der Waals surface area contributed by atoms with Crippen LogP contribution >= 0.6 is 0 Å². The number of amides is 1. The Bertz CT molecular complexity index is 393. The number of carbonyl (C=O) groups is 2. The lowest BCUT2D eigenvalue weighted by Gasteiger charge is -2.05. The van der Waals surface area contributed by atoms with Gasteiger partial charge in [-0.2, -0.15) is 0 Å². The maximum Gasteiger partial charge on any atom is 0.303 e. The van der Waals surface area contributed by atoms with Crippen molar-refractivity contribution in [2.45, 2.75) is 19.4 Å². The van der Waals surface area contributed by atoms with E-state index in [0.717, 1.165) is 0 Å². The Hall–Kier alpha value is -1.91. The van der Waals surface area contributed by atoms with Crippen LogP contribution in [0.1, 0.15) is 18.4 Å². The summed E-state index contributed by atoms with van der Waals surface area (Å²) in [5.74, 6) is -1.81. The van der Waals surface area contributed by atoms with E-state index in [1.165, 1.54) is 6.07 Å². The molecule has 5 heteroatoms. The molecule has 0 spiro atoms. The van der Waals surface area contributed by atoms with Gasteiger partial charge in [-0.15, -0.1) is 0 Å². The molecular formula is C11H12FNO3. The third-order valence-electron chi connectivity index (χ3n) is 2.00. The Labute approximate surface area is 92.1 Å². The molecule has 1 aromatic carbocycles. The first-order valence-electron chi connectivity index (χ1n) is 4.81. The zero-order chi connectivity index (χ0) is 12.0. The molecule has 1 amide bonds. The average Bonchev–Trinajstić information content (AvgIpc) is 2.25. The average molecular weight is 225 g/mol. The van der Waals surface area contributed by atoms with Crippen molar-refractivity contribution in [2.75, 3.05) is 0 Å². The van der Waals surface area contributed by atoms with Crippen LogP contribution in [-0.4, -0.2) is 17.0 Å². The van der Waals surface area contributed by atoms with Gasteiger partial charge in [0.05, 0.1) is 6.42 Å². The molecular weight excluding hydrogens is 213 g/mol. The quantitative estimate of drug-likeness (QED) is 0.793. The summed E-state index contributed by atoms with van der Waals surface area (Å²) in [6.07, 6.45) is -0.313. The first-order valence-corrected chi connectivity index (χ1v) is 4.81. The highest BCUT2D eigenvalue weighted by Crippen LogP contribution is 2.05. The monoisotopic (exact) mass is 225 g/mol. The predicted octanol–water partition coefficient (Wildman–Crippen LogP) is 1.31. The smallest absolute Gasteiger partial charge is 0.303 e. The normalized spacial score (nSPS) is 9.81. The molecule has 1 aromatic rings. The van der Waals surface area contributed by atoms with Gasteiger partial charge >= 0.3 is 5.97 Å². The summed E-state index contributed by atoms with van der Waals surface area (Å²) in [4.78, 5) is 21.3. The number of halogens is 1. The van der Waals surface area contributed by atoms with Crippen LogP contribution in [0.3, 0.4) is 0 Å². The fraction of sp³-hybridized carbons (Fsp3) is 0.273. The Morgan fingerprint density at radius 3 is 2.56 bits per heavy atom. The molecule has 0 unspecified atom stereocenters. The number of aliphatic carboxylic acids is 1. The molecule has 0 aromatic heterocycles. The van der Waals surface area contributed by atoms with Gasteiger partial charge in [0, 0.05) is 18.5 Å². The van der Waals surface area contributed by atoms with E-state index in [0.29, 0.717) is 5.56 Å². The van der Waals surface area contributed by atoms with E-state index in [9.17, 15) is 14.0 Å². The number of carboxylic acid groups (broad SMARTS) is 1. The van der Waals surface area contributed by atoms with Crippen molar-refractivity contribution in [1.82, 2.24) is 5.32 Å². The van der Waals surface area contributed by atoms with Gasteiger partial charge in [-0.25, -0.2) is 4.39 Å². The van der Waals surface area contributed by atoms with E-state index < -0.39 is 11.9 Å². The number of carboxylic acids is 1. The lowest BCUT2D eigenvalue weighted by Crippen LogP contribution is -2.23. The van der Waals surface area contributed by atoms with Crippen molar-refractivity contribution in [3.8, 4) is 0 Å². The fourth-order valence-corrected chi connectivity index (χ4v) is 1.14. The van der Waals surface area contributed by atoms with Crippen molar-refractivity contribution < 1.29 is 19.1 Å². The molecule has 0 saturated carbocycles.